The Hall–Kier alpha value is -3.21. The van der Waals surface area contributed by atoms with Crippen LogP contribution in [0, 0.1) is 17.7 Å². The molecule has 3 N–H and O–H groups in total. The molecule has 2 heterocycles. The minimum Gasteiger partial charge on any atom is -0.496 e. The monoisotopic (exact) mass is 420 g/mol. The molecule has 0 bridgehead atoms. The van der Waals surface area contributed by atoms with Crippen LogP contribution in [0.5, 0.6) is 5.75 Å². The predicted molar refractivity (Wildman–Crippen MR) is 120 cm³/mol. The maximum Gasteiger partial charge on any atom is 0.165 e. The van der Waals surface area contributed by atoms with Crippen LogP contribution in [-0.2, 0) is 0 Å². The van der Waals surface area contributed by atoms with Crippen LogP contribution in [0.3, 0.4) is 0 Å². The third kappa shape index (κ3) is 4.93. The van der Waals surface area contributed by atoms with Crippen molar-refractivity contribution >= 4 is 16.7 Å². The highest BCUT2D eigenvalue weighted by atomic mass is 19.1. The van der Waals surface area contributed by atoms with Crippen molar-refractivity contribution in [3.8, 4) is 29.0 Å². The topological polar surface area (TPSA) is 79.3 Å². The molecule has 1 aliphatic rings. The van der Waals surface area contributed by atoms with Gasteiger partial charge in [0.2, 0.25) is 0 Å². The Bertz CT molecular complexity index is 1170. The number of hydrogen-bond donors (Lipinski definition) is 3. The standard InChI is InChI=1S/C24H25FN4O2/c1-24(2,30)10-8-15-4-6-20-18(12-15)22(27-17-9-11-26-14-17)29-23(28-20)19-13-16(25)5-7-21(19)31-3/h4-7,12-13,17,26,30H,9,11,14H2,1-3H3,(H,27,28,29)/t17-/m0/s1. The highest BCUT2D eigenvalue weighted by Gasteiger charge is 2.19. The minimum atomic E-state index is -1.08. The van der Waals surface area contributed by atoms with Crippen LogP contribution in [0.15, 0.2) is 36.4 Å². The first-order chi connectivity index (χ1) is 14.8. The summed E-state index contributed by atoms with van der Waals surface area (Å²) in [5, 5.41) is 17.6. The van der Waals surface area contributed by atoms with Crippen LogP contribution in [0.2, 0.25) is 0 Å². The maximum atomic E-state index is 14.0. The van der Waals surface area contributed by atoms with Crippen LogP contribution >= 0.6 is 0 Å². The van der Waals surface area contributed by atoms with Crippen LogP contribution in [0.1, 0.15) is 25.8 Å². The van der Waals surface area contributed by atoms with Crippen molar-refractivity contribution in [3.63, 3.8) is 0 Å². The molecule has 0 amide bonds. The zero-order valence-corrected chi connectivity index (χ0v) is 17.8. The molecule has 160 valence electrons. The van der Waals surface area contributed by atoms with Gasteiger partial charge in [0.25, 0.3) is 0 Å². The average Bonchev–Trinajstić information content (AvgIpc) is 3.24. The number of aromatic nitrogens is 2. The Morgan fingerprint density at radius 1 is 1.23 bits per heavy atom. The van der Waals surface area contributed by atoms with E-state index < -0.39 is 5.60 Å². The van der Waals surface area contributed by atoms with E-state index in [4.69, 9.17) is 9.72 Å². The largest absolute Gasteiger partial charge is 0.496 e. The summed E-state index contributed by atoms with van der Waals surface area (Å²) in [6.07, 6.45) is 0.975. The van der Waals surface area contributed by atoms with Gasteiger partial charge in [0.1, 0.15) is 23.0 Å². The van der Waals surface area contributed by atoms with E-state index in [1.165, 1.54) is 19.2 Å². The molecule has 3 aromatic rings. The van der Waals surface area contributed by atoms with E-state index in [-0.39, 0.29) is 11.9 Å². The molecule has 0 spiro atoms. The third-order valence-corrected chi connectivity index (χ3v) is 5.01. The number of halogens is 1. The molecule has 1 fully saturated rings. The molecule has 7 heteroatoms. The summed E-state index contributed by atoms with van der Waals surface area (Å²) in [7, 11) is 1.54. The van der Waals surface area contributed by atoms with Crippen molar-refractivity contribution in [3.05, 3.63) is 47.8 Å². The lowest BCUT2D eigenvalue weighted by molar-refractivity contribution is 0.143. The number of nitrogens with zero attached hydrogens (tertiary/aromatic N) is 2. The van der Waals surface area contributed by atoms with Gasteiger partial charge in [0.15, 0.2) is 5.82 Å². The number of benzene rings is 2. The molecule has 1 atom stereocenters. The van der Waals surface area contributed by atoms with Crippen molar-refractivity contribution in [1.82, 2.24) is 15.3 Å². The van der Waals surface area contributed by atoms with Gasteiger partial charge in [-0.3, -0.25) is 0 Å². The van der Waals surface area contributed by atoms with E-state index in [1.54, 1.807) is 19.9 Å². The Labute approximate surface area is 180 Å². The van der Waals surface area contributed by atoms with E-state index in [1.807, 2.05) is 18.2 Å². The second kappa shape index (κ2) is 8.50. The average molecular weight is 420 g/mol. The summed E-state index contributed by atoms with van der Waals surface area (Å²) in [6.45, 7) is 5.06. The number of aliphatic hydroxyl groups is 1. The van der Waals surface area contributed by atoms with Gasteiger partial charge >= 0.3 is 0 Å². The smallest absolute Gasteiger partial charge is 0.165 e. The number of ether oxygens (including phenoxy) is 1. The van der Waals surface area contributed by atoms with Gasteiger partial charge < -0.3 is 20.5 Å². The highest BCUT2D eigenvalue weighted by Crippen LogP contribution is 2.32. The molecular weight excluding hydrogens is 395 g/mol. The lowest BCUT2D eigenvalue weighted by Gasteiger charge is -2.16. The number of nitrogens with one attached hydrogen (secondary N) is 2. The normalized spacial score (nSPS) is 16.1. The van der Waals surface area contributed by atoms with Gasteiger partial charge in [-0.1, -0.05) is 11.8 Å². The molecule has 0 aliphatic carbocycles. The van der Waals surface area contributed by atoms with Gasteiger partial charge in [-0.2, -0.15) is 0 Å². The quantitative estimate of drug-likeness (QED) is 0.562. The molecule has 6 nitrogen and oxygen atoms in total. The Morgan fingerprint density at radius 2 is 2.06 bits per heavy atom. The van der Waals surface area contributed by atoms with Crippen LogP contribution in [0.4, 0.5) is 10.2 Å². The molecule has 2 aromatic carbocycles. The van der Waals surface area contributed by atoms with E-state index in [9.17, 15) is 9.50 Å². The first-order valence-corrected chi connectivity index (χ1v) is 10.2. The zero-order valence-electron chi connectivity index (χ0n) is 17.8. The fourth-order valence-corrected chi connectivity index (χ4v) is 3.49. The van der Waals surface area contributed by atoms with E-state index in [0.29, 0.717) is 28.5 Å². The fourth-order valence-electron chi connectivity index (χ4n) is 3.49. The number of hydrogen-bond acceptors (Lipinski definition) is 6. The summed E-state index contributed by atoms with van der Waals surface area (Å²) in [4.78, 5) is 9.41. The summed E-state index contributed by atoms with van der Waals surface area (Å²) >= 11 is 0. The molecule has 0 unspecified atom stereocenters. The highest BCUT2D eigenvalue weighted by molar-refractivity contribution is 5.92. The Balaban J connectivity index is 1.86. The van der Waals surface area contributed by atoms with Gasteiger partial charge in [-0.15, -0.1) is 0 Å². The lowest BCUT2D eigenvalue weighted by Crippen LogP contribution is -2.23. The molecule has 1 aromatic heterocycles. The lowest BCUT2D eigenvalue weighted by atomic mass is 10.1. The SMILES string of the molecule is COc1ccc(F)cc1-c1nc(N[C@H]2CCNC2)c2cc(C#CC(C)(C)O)ccc2n1. The van der Waals surface area contributed by atoms with Crippen molar-refractivity contribution in [1.29, 1.82) is 0 Å². The first-order valence-electron chi connectivity index (χ1n) is 10.2. The van der Waals surface area contributed by atoms with Gasteiger partial charge in [-0.05, 0) is 63.2 Å². The third-order valence-electron chi connectivity index (χ3n) is 5.01. The van der Waals surface area contributed by atoms with E-state index in [2.05, 4.69) is 27.5 Å². The van der Waals surface area contributed by atoms with Crippen LogP contribution in [-0.4, -0.2) is 46.9 Å². The van der Waals surface area contributed by atoms with Gasteiger partial charge in [0.05, 0.1) is 18.2 Å². The molecule has 1 aliphatic heterocycles. The van der Waals surface area contributed by atoms with E-state index >= 15 is 0 Å². The Kier molecular flexibility index (Phi) is 5.77. The molecule has 0 saturated carbocycles. The predicted octanol–water partition coefficient (Wildman–Crippen LogP) is 3.34. The minimum absolute atomic E-state index is 0.228. The first kappa shape index (κ1) is 21.0. The van der Waals surface area contributed by atoms with Crippen molar-refractivity contribution < 1.29 is 14.2 Å². The second-order valence-corrected chi connectivity index (χ2v) is 8.12. The van der Waals surface area contributed by atoms with Crippen molar-refractivity contribution in [2.45, 2.75) is 31.9 Å². The van der Waals surface area contributed by atoms with Gasteiger partial charge in [0, 0.05) is 23.5 Å². The molecule has 4 rings (SSSR count). The maximum absolute atomic E-state index is 14.0. The second-order valence-electron chi connectivity index (χ2n) is 8.12. The number of anilines is 1. The summed E-state index contributed by atoms with van der Waals surface area (Å²) in [5.74, 6) is 6.99. The van der Waals surface area contributed by atoms with Crippen LogP contribution < -0.4 is 15.4 Å². The Morgan fingerprint density at radius 3 is 2.77 bits per heavy atom. The summed E-state index contributed by atoms with van der Waals surface area (Å²) in [5.41, 5.74) is 0.864. The number of rotatable bonds is 4. The molecule has 0 radical (unpaired) electrons. The number of methoxy groups -OCH3 is 1. The van der Waals surface area contributed by atoms with Gasteiger partial charge in [-0.25, -0.2) is 14.4 Å². The molecule has 31 heavy (non-hydrogen) atoms. The van der Waals surface area contributed by atoms with Crippen LogP contribution in [0.25, 0.3) is 22.3 Å². The molecule has 1 saturated heterocycles. The van der Waals surface area contributed by atoms with Crippen molar-refractivity contribution in [2.24, 2.45) is 0 Å². The van der Waals surface area contributed by atoms with Crippen molar-refractivity contribution in [2.75, 3.05) is 25.5 Å². The number of fused-ring (bicyclic) bond motifs is 1. The summed E-state index contributed by atoms with van der Waals surface area (Å²) in [6, 6.07) is 10.1. The fraction of sp³-hybridized carbons (Fsp3) is 0.333. The zero-order chi connectivity index (χ0) is 22.0. The summed E-state index contributed by atoms with van der Waals surface area (Å²) < 4.78 is 19.4. The molecular formula is C24H25FN4O2. The van der Waals surface area contributed by atoms with E-state index in [0.717, 1.165) is 30.5 Å².